The van der Waals surface area contributed by atoms with E-state index in [1.807, 2.05) is 48.7 Å². The molecule has 0 fully saturated rings. The molecule has 0 spiro atoms. The van der Waals surface area contributed by atoms with Crippen LogP contribution in [0.5, 0.6) is 0 Å². The summed E-state index contributed by atoms with van der Waals surface area (Å²) in [5.74, 6) is 0.806. The highest BCUT2D eigenvalue weighted by Gasteiger charge is 2.07. The second kappa shape index (κ2) is 8.78. The molecule has 0 radical (unpaired) electrons. The van der Waals surface area contributed by atoms with Gasteiger partial charge in [0.05, 0.1) is 10.6 Å². The molecule has 0 amide bonds. The Balaban J connectivity index is 1.39. The predicted molar refractivity (Wildman–Crippen MR) is 117 cm³/mol. The van der Waals surface area contributed by atoms with E-state index in [9.17, 15) is 0 Å². The maximum absolute atomic E-state index is 4.71. The third-order valence-corrected chi connectivity index (χ3v) is 5.46. The van der Waals surface area contributed by atoms with Crippen molar-refractivity contribution in [1.82, 2.24) is 15.3 Å². The summed E-state index contributed by atoms with van der Waals surface area (Å²) in [6.07, 6.45) is 1.90. The summed E-state index contributed by atoms with van der Waals surface area (Å²) in [6.45, 7) is 2.87. The molecular formula is C23H22N4S. The number of pyridine rings is 1. The van der Waals surface area contributed by atoms with Gasteiger partial charge < -0.3 is 10.6 Å². The zero-order chi connectivity index (χ0) is 19.2. The summed E-state index contributed by atoms with van der Waals surface area (Å²) in [6, 6.07) is 27.0. The van der Waals surface area contributed by atoms with E-state index in [0.29, 0.717) is 6.54 Å². The van der Waals surface area contributed by atoms with E-state index in [0.717, 1.165) is 21.5 Å². The Morgan fingerprint density at radius 3 is 2.43 bits per heavy atom. The normalized spacial score (nSPS) is 11.9. The van der Waals surface area contributed by atoms with Crippen molar-refractivity contribution in [3.63, 3.8) is 0 Å². The van der Waals surface area contributed by atoms with Crippen molar-refractivity contribution in [2.45, 2.75) is 19.5 Å². The van der Waals surface area contributed by atoms with Crippen molar-refractivity contribution in [2.75, 3.05) is 5.32 Å². The molecule has 0 bridgehead atoms. The minimum Gasteiger partial charge on any atom is -0.316 e. The summed E-state index contributed by atoms with van der Waals surface area (Å²) >= 11 is 1.62. The van der Waals surface area contributed by atoms with E-state index in [1.54, 1.807) is 11.3 Å². The zero-order valence-electron chi connectivity index (χ0n) is 15.7. The van der Waals surface area contributed by atoms with Crippen LogP contribution < -0.4 is 10.6 Å². The van der Waals surface area contributed by atoms with Crippen LogP contribution in [0.2, 0.25) is 0 Å². The first-order valence-electron chi connectivity index (χ1n) is 9.30. The summed E-state index contributed by atoms with van der Waals surface area (Å²) in [4.78, 5) is 10.3. The highest BCUT2D eigenvalue weighted by molar-refractivity contribution is 7.18. The molecule has 28 heavy (non-hydrogen) atoms. The standard InChI is InChI=1S/C23H22N4S/c1-17(18-9-4-2-5-10-18)24-15-20-13-8-14-22(26-20)27-23-25-16-21(28-23)19-11-6-3-7-12-19/h2-14,16-17,24H,15H2,1H3,(H,25,26,27). The number of thiazole rings is 1. The third kappa shape index (κ3) is 4.63. The Morgan fingerprint density at radius 2 is 1.64 bits per heavy atom. The van der Waals surface area contributed by atoms with E-state index in [-0.39, 0.29) is 6.04 Å². The van der Waals surface area contributed by atoms with Crippen molar-refractivity contribution < 1.29 is 0 Å². The number of aromatic nitrogens is 2. The quantitative estimate of drug-likeness (QED) is 0.421. The highest BCUT2D eigenvalue weighted by Crippen LogP contribution is 2.30. The van der Waals surface area contributed by atoms with Crippen LogP contribution in [0.15, 0.2) is 85.1 Å². The maximum Gasteiger partial charge on any atom is 0.188 e. The molecule has 140 valence electrons. The molecule has 0 saturated carbocycles. The summed E-state index contributed by atoms with van der Waals surface area (Å²) in [5.41, 5.74) is 3.44. The number of rotatable bonds is 7. The molecule has 0 aliphatic heterocycles. The van der Waals surface area contributed by atoms with Crippen molar-refractivity contribution in [3.05, 3.63) is 96.3 Å². The highest BCUT2D eigenvalue weighted by atomic mass is 32.1. The van der Waals surface area contributed by atoms with Gasteiger partial charge in [0.25, 0.3) is 0 Å². The maximum atomic E-state index is 4.71. The molecule has 0 aliphatic rings. The Kier molecular flexibility index (Phi) is 5.75. The number of hydrogen-bond acceptors (Lipinski definition) is 5. The predicted octanol–water partition coefficient (Wildman–Crippen LogP) is 5.80. The van der Waals surface area contributed by atoms with Gasteiger partial charge in [0, 0.05) is 18.8 Å². The van der Waals surface area contributed by atoms with Gasteiger partial charge in [-0.15, -0.1) is 0 Å². The first-order chi connectivity index (χ1) is 13.8. The number of anilines is 2. The molecule has 2 aromatic heterocycles. The Labute approximate surface area is 169 Å². The lowest BCUT2D eigenvalue weighted by Gasteiger charge is -2.14. The van der Waals surface area contributed by atoms with Crippen LogP contribution in [-0.4, -0.2) is 9.97 Å². The molecular weight excluding hydrogens is 364 g/mol. The van der Waals surface area contributed by atoms with Gasteiger partial charge in [-0.25, -0.2) is 9.97 Å². The van der Waals surface area contributed by atoms with E-state index >= 15 is 0 Å². The molecule has 1 unspecified atom stereocenters. The lowest BCUT2D eigenvalue weighted by molar-refractivity contribution is 0.568. The number of benzene rings is 2. The fourth-order valence-electron chi connectivity index (χ4n) is 2.94. The van der Waals surface area contributed by atoms with Crippen LogP contribution in [0.4, 0.5) is 10.9 Å². The Hall–Kier alpha value is -3.02. The Morgan fingerprint density at radius 1 is 0.893 bits per heavy atom. The van der Waals surface area contributed by atoms with Gasteiger partial charge in [-0.3, -0.25) is 0 Å². The van der Waals surface area contributed by atoms with Gasteiger partial charge in [-0.1, -0.05) is 78.1 Å². The summed E-state index contributed by atoms with van der Waals surface area (Å²) in [5, 5.41) is 7.69. The summed E-state index contributed by atoms with van der Waals surface area (Å²) in [7, 11) is 0. The number of hydrogen-bond donors (Lipinski definition) is 2. The van der Waals surface area contributed by atoms with Crippen molar-refractivity contribution in [1.29, 1.82) is 0 Å². The van der Waals surface area contributed by atoms with Crippen LogP contribution in [0.1, 0.15) is 24.2 Å². The van der Waals surface area contributed by atoms with E-state index in [2.05, 4.69) is 58.9 Å². The fraction of sp³-hybridized carbons (Fsp3) is 0.130. The van der Waals surface area contributed by atoms with Gasteiger partial charge >= 0.3 is 0 Å². The average Bonchev–Trinajstić information content (AvgIpc) is 3.22. The van der Waals surface area contributed by atoms with Gasteiger partial charge in [0.2, 0.25) is 0 Å². The average molecular weight is 387 g/mol. The third-order valence-electron chi connectivity index (χ3n) is 4.49. The number of nitrogens with one attached hydrogen (secondary N) is 2. The fourth-order valence-corrected chi connectivity index (χ4v) is 3.77. The van der Waals surface area contributed by atoms with E-state index in [4.69, 9.17) is 4.98 Å². The van der Waals surface area contributed by atoms with Gasteiger partial charge in [0.15, 0.2) is 5.13 Å². The largest absolute Gasteiger partial charge is 0.316 e. The Bertz CT molecular complexity index is 1010. The van der Waals surface area contributed by atoms with Crippen molar-refractivity contribution in [2.24, 2.45) is 0 Å². The zero-order valence-corrected chi connectivity index (χ0v) is 16.5. The first kappa shape index (κ1) is 18.3. The SMILES string of the molecule is CC(NCc1cccc(Nc2ncc(-c3ccccc3)s2)n1)c1ccccc1. The molecule has 4 aromatic rings. The summed E-state index contributed by atoms with van der Waals surface area (Å²) < 4.78 is 0. The lowest BCUT2D eigenvalue weighted by atomic mass is 10.1. The van der Waals surface area contributed by atoms with E-state index < -0.39 is 0 Å². The monoisotopic (exact) mass is 386 g/mol. The minimum atomic E-state index is 0.270. The lowest BCUT2D eigenvalue weighted by Crippen LogP contribution is -2.18. The molecule has 4 rings (SSSR count). The topological polar surface area (TPSA) is 49.8 Å². The van der Waals surface area contributed by atoms with Crippen LogP contribution in [0, 0.1) is 0 Å². The molecule has 5 heteroatoms. The molecule has 2 heterocycles. The minimum absolute atomic E-state index is 0.270. The smallest absolute Gasteiger partial charge is 0.188 e. The first-order valence-corrected chi connectivity index (χ1v) is 10.1. The van der Waals surface area contributed by atoms with Crippen molar-refractivity contribution in [3.8, 4) is 10.4 Å². The van der Waals surface area contributed by atoms with Crippen LogP contribution in [-0.2, 0) is 6.54 Å². The van der Waals surface area contributed by atoms with Crippen molar-refractivity contribution >= 4 is 22.3 Å². The molecule has 1 atom stereocenters. The van der Waals surface area contributed by atoms with Crippen LogP contribution >= 0.6 is 11.3 Å². The molecule has 2 N–H and O–H groups in total. The second-order valence-electron chi connectivity index (χ2n) is 6.55. The molecule has 4 nitrogen and oxygen atoms in total. The van der Waals surface area contributed by atoms with Crippen LogP contribution in [0.25, 0.3) is 10.4 Å². The van der Waals surface area contributed by atoms with Gasteiger partial charge in [-0.05, 0) is 30.2 Å². The second-order valence-corrected chi connectivity index (χ2v) is 7.58. The van der Waals surface area contributed by atoms with E-state index in [1.165, 1.54) is 11.1 Å². The molecule has 2 aromatic carbocycles. The van der Waals surface area contributed by atoms with Gasteiger partial charge in [0.1, 0.15) is 5.82 Å². The number of nitrogens with zero attached hydrogens (tertiary/aromatic N) is 2. The molecule has 0 aliphatic carbocycles. The van der Waals surface area contributed by atoms with Gasteiger partial charge in [-0.2, -0.15) is 0 Å². The molecule has 0 saturated heterocycles. The van der Waals surface area contributed by atoms with Crippen LogP contribution in [0.3, 0.4) is 0 Å².